The Balaban J connectivity index is 1.99. The number of hydrogen-bond donors (Lipinski definition) is 2. The first kappa shape index (κ1) is 16.3. The highest BCUT2D eigenvalue weighted by atomic mass is 79.9. The van der Waals surface area contributed by atoms with Crippen molar-refractivity contribution in [3.05, 3.63) is 61.9 Å². The second kappa shape index (κ2) is 6.54. The Morgan fingerprint density at radius 3 is 2.67 bits per heavy atom. The third kappa shape index (κ3) is 3.36. The average Bonchev–Trinajstić information content (AvgIpc) is 2.93. The summed E-state index contributed by atoms with van der Waals surface area (Å²) in [7, 11) is 0. The zero-order valence-corrected chi connectivity index (χ0v) is 14.8. The predicted octanol–water partition coefficient (Wildman–Crippen LogP) is 2.72. The first-order chi connectivity index (χ1) is 11.4. The average molecular weight is 407 g/mol. The van der Waals surface area contributed by atoms with Crippen LogP contribution in [0.2, 0.25) is 0 Å². The van der Waals surface area contributed by atoms with Gasteiger partial charge in [0.25, 0.3) is 11.5 Å². The van der Waals surface area contributed by atoms with Gasteiger partial charge in [-0.15, -0.1) is 11.3 Å². The Labute approximate surface area is 148 Å². The maximum absolute atomic E-state index is 12.3. The quantitative estimate of drug-likeness (QED) is 0.696. The fraction of sp³-hybridized carbons (Fsp3) is 0.0667. The minimum absolute atomic E-state index is 0.259. The summed E-state index contributed by atoms with van der Waals surface area (Å²) in [6.45, 7) is 1.86. The molecule has 1 amide bonds. The van der Waals surface area contributed by atoms with Crippen molar-refractivity contribution in [3.8, 4) is 11.4 Å². The van der Waals surface area contributed by atoms with E-state index in [1.807, 2.05) is 6.92 Å². The van der Waals surface area contributed by atoms with E-state index in [9.17, 15) is 14.7 Å². The number of rotatable bonds is 3. The predicted molar refractivity (Wildman–Crippen MR) is 94.0 cm³/mol. The standard InChI is InChI=1S/C15H11BrN4O3S/c1-8-7-17-15(24-8)18-14(23)13-11(21)6-12(22)20(19-13)10-4-2-9(16)3-5-10/h2-7,21H,1H3,(H,17,18,23). The van der Waals surface area contributed by atoms with Gasteiger partial charge in [0.05, 0.1) is 5.69 Å². The minimum Gasteiger partial charge on any atom is -0.505 e. The molecule has 2 heterocycles. The van der Waals surface area contributed by atoms with Crippen molar-refractivity contribution < 1.29 is 9.90 Å². The lowest BCUT2D eigenvalue weighted by atomic mass is 10.3. The van der Waals surface area contributed by atoms with Gasteiger partial charge in [-0.25, -0.2) is 4.98 Å². The Hall–Kier alpha value is -2.52. The molecule has 0 saturated heterocycles. The van der Waals surface area contributed by atoms with Crippen molar-refractivity contribution in [2.45, 2.75) is 6.92 Å². The minimum atomic E-state index is -0.646. The maximum Gasteiger partial charge on any atom is 0.281 e. The van der Waals surface area contributed by atoms with Crippen LogP contribution in [0.1, 0.15) is 15.4 Å². The molecule has 0 spiro atoms. The van der Waals surface area contributed by atoms with Crippen molar-refractivity contribution in [2.75, 3.05) is 5.32 Å². The number of carbonyl (C=O) groups excluding carboxylic acids is 1. The van der Waals surface area contributed by atoms with Gasteiger partial charge in [0.2, 0.25) is 0 Å². The number of aromatic hydroxyl groups is 1. The summed E-state index contributed by atoms with van der Waals surface area (Å²) in [6.07, 6.45) is 1.62. The van der Waals surface area contributed by atoms with Crippen LogP contribution < -0.4 is 10.9 Å². The number of hydrogen-bond acceptors (Lipinski definition) is 6. The molecule has 0 unspecified atom stereocenters. The molecule has 0 aliphatic heterocycles. The Kier molecular flexibility index (Phi) is 4.45. The molecule has 0 radical (unpaired) electrons. The SMILES string of the molecule is Cc1cnc(NC(=O)c2nn(-c3ccc(Br)cc3)c(=O)cc2O)s1. The molecule has 0 bridgehead atoms. The normalized spacial score (nSPS) is 10.6. The number of nitrogens with one attached hydrogen (secondary N) is 1. The third-order valence-electron chi connectivity index (χ3n) is 3.04. The summed E-state index contributed by atoms with van der Waals surface area (Å²) >= 11 is 4.60. The number of nitrogens with zero attached hydrogens (tertiary/aromatic N) is 3. The molecule has 0 atom stereocenters. The van der Waals surface area contributed by atoms with E-state index in [0.29, 0.717) is 10.8 Å². The summed E-state index contributed by atoms with van der Waals surface area (Å²) in [5, 5.41) is 16.8. The summed E-state index contributed by atoms with van der Waals surface area (Å²) < 4.78 is 1.89. The molecule has 0 aliphatic carbocycles. The number of anilines is 1. The van der Waals surface area contributed by atoms with E-state index in [1.54, 1.807) is 30.5 Å². The molecule has 122 valence electrons. The number of thiazole rings is 1. The highest BCUT2D eigenvalue weighted by Gasteiger charge is 2.18. The van der Waals surface area contributed by atoms with Gasteiger partial charge in [-0.3, -0.25) is 14.9 Å². The number of aromatic nitrogens is 3. The molecular formula is C15H11BrN4O3S. The topological polar surface area (TPSA) is 97.1 Å². The van der Waals surface area contributed by atoms with E-state index >= 15 is 0 Å². The number of halogens is 1. The first-order valence-electron chi connectivity index (χ1n) is 6.77. The second-order valence-electron chi connectivity index (χ2n) is 4.83. The molecule has 1 aromatic carbocycles. The van der Waals surface area contributed by atoms with Gasteiger partial charge in [0.1, 0.15) is 0 Å². The molecular weight excluding hydrogens is 396 g/mol. The lowest BCUT2D eigenvalue weighted by molar-refractivity contribution is 0.101. The molecule has 24 heavy (non-hydrogen) atoms. The highest BCUT2D eigenvalue weighted by molar-refractivity contribution is 9.10. The molecule has 0 fully saturated rings. The van der Waals surface area contributed by atoms with Gasteiger partial charge in [0.15, 0.2) is 16.6 Å². The van der Waals surface area contributed by atoms with Crippen LogP contribution >= 0.6 is 27.3 Å². The molecule has 2 aromatic heterocycles. The van der Waals surface area contributed by atoms with E-state index in [-0.39, 0.29) is 5.69 Å². The largest absolute Gasteiger partial charge is 0.505 e. The zero-order chi connectivity index (χ0) is 17.3. The smallest absolute Gasteiger partial charge is 0.281 e. The second-order valence-corrected chi connectivity index (χ2v) is 6.99. The van der Waals surface area contributed by atoms with Crippen LogP contribution in [0.4, 0.5) is 5.13 Å². The van der Waals surface area contributed by atoms with Gasteiger partial charge in [-0.2, -0.15) is 9.78 Å². The van der Waals surface area contributed by atoms with Crippen molar-refractivity contribution in [1.82, 2.24) is 14.8 Å². The summed E-state index contributed by atoms with van der Waals surface area (Å²) in [5.41, 5.74) is -0.329. The van der Waals surface area contributed by atoms with Crippen LogP contribution in [0.5, 0.6) is 5.75 Å². The van der Waals surface area contributed by atoms with Crippen LogP contribution in [0.3, 0.4) is 0 Å². The number of benzene rings is 1. The van der Waals surface area contributed by atoms with Crippen LogP contribution in [0.25, 0.3) is 5.69 Å². The van der Waals surface area contributed by atoms with E-state index < -0.39 is 17.2 Å². The Morgan fingerprint density at radius 1 is 1.33 bits per heavy atom. The van der Waals surface area contributed by atoms with Crippen LogP contribution in [-0.2, 0) is 0 Å². The molecule has 2 N–H and O–H groups in total. The van der Waals surface area contributed by atoms with Crippen molar-refractivity contribution in [3.63, 3.8) is 0 Å². The summed E-state index contributed by atoms with van der Waals surface area (Å²) in [6, 6.07) is 7.78. The summed E-state index contributed by atoms with van der Waals surface area (Å²) in [5.74, 6) is -1.13. The van der Waals surface area contributed by atoms with Gasteiger partial charge >= 0.3 is 0 Å². The molecule has 0 saturated carbocycles. The van der Waals surface area contributed by atoms with E-state index in [2.05, 4.69) is 31.3 Å². The Bertz CT molecular complexity index is 966. The lowest BCUT2D eigenvalue weighted by Gasteiger charge is -2.08. The van der Waals surface area contributed by atoms with E-state index in [0.717, 1.165) is 20.1 Å². The summed E-state index contributed by atoms with van der Waals surface area (Å²) in [4.78, 5) is 29.3. The van der Waals surface area contributed by atoms with Gasteiger partial charge in [-0.1, -0.05) is 15.9 Å². The fourth-order valence-electron chi connectivity index (χ4n) is 1.94. The van der Waals surface area contributed by atoms with Crippen LogP contribution in [0.15, 0.2) is 45.8 Å². The number of amides is 1. The van der Waals surface area contributed by atoms with E-state index in [1.165, 1.54) is 11.3 Å². The van der Waals surface area contributed by atoms with Gasteiger partial charge in [-0.05, 0) is 31.2 Å². The number of carbonyl (C=O) groups is 1. The molecule has 7 nitrogen and oxygen atoms in total. The highest BCUT2D eigenvalue weighted by Crippen LogP contribution is 2.20. The van der Waals surface area contributed by atoms with Crippen molar-refractivity contribution in [1.29, 1.82) is 0 Å². The molecule has 0 aliphatic rings. The zero-order valence-electron chi connectivity index (χ0n) is 12.4. The molecule has 3 aromatic rings. The fourth-order valence-corrected chi connectivity index (χ4v) is 2.87. The Morgan fingerprint density at radius 2 is 2.04 bits per heavy atom. The third-order valence-corrected chi connectivity index (χ3v) is 4.40. The maximum atomic E-state index is 12.3. The number of aryl methyl sites for hydroxylation is 1. The van der Waals surface area contributed by atoms with Gasteiger partial charge in [0, 0.05) is 21.6 Å². The van der Waals surface area contributed by atoms with Crippen LogP contribution in [0, 0.1) is 6.92 Å². The van der Waals surface area contributed by atoms with Crippen molar-refractivity contribution >= 4 is 38.3 Å². The van der Waals surface area contributed by atoms with Gasteiger partial charge < -0.3 is 5.11 Å². The van der Waals surface area contributed by atoms with Crippen LogP contribution in [-0.4, -0.2) is 25.8 Å². The first-order valence-corrected chi connectivity index (χ1v) is 8.38. The van der Waals surface area contributed by atoms with E-state index in [4.69, 9.17) is 0 Å². The molecule has 3 rings (SSSR count). The van der Waals surface area contributed by atoms with Crippen molar-refractivity contribution in [2.24, 2.45) is 0 Å². The monoisotopic (exact) mass is 406 g/mol. The lowest BCUT2D eigenvalue weighted by Crippen LogP contribution is -2.25. The molecule has 9 heteroatoms.